The Morgan fingerprint density at radius 1 is 1.00 bits per heavy atom. The third-order valence-corrected chi connectivity index (χ3v) is 4.54. The molecule has 6 nitrogen and oxygen atoms in total. The lowest BCUT2D eigenvalue weighted by Crippen LogP contribution is -2.54. The molecule has 1 heterocycles. The van der Waals surface area contributed by atoms with E-state index < -0.39 is 24.6 Å². The summed E-state index contributed by atoms with van der Waals surface area (Å²) in [7, 11) is 0. The highest BCUT2D eigenvalue weighted by atomic mass is 16.7. The standard InChI is InChI=1S/C20H22O6/c1-11-5-3-4-6-14(11)17(22)15-8-7-13(9-12(15)2)26-20-19(24)18(23)16(21)10-25-20/h3-9,16,18-21,23-24H,10H2,1-2H3/t16-,18+,19-,20+/m1/s1. The van der Waals surface area contributed by atoms with Gasteiger partial charge in [0.05, 0.1) is 6.61 Å². The lowest BCUT2D eigenvalue weighted by molar-refractivity contribution is -0.242. The van der Waals surface area contributed by atoms with Gasteiger partial charge in [-0.15, -0.1) is 0 Å². The highest BCUT2D eigenvalue weighted by molar-refractivity contribution is 6.10. The van der Waals surface area contributed by atoms with E-state index in [4.69, 9.17) is 9.47 Å². The summed E-state index contributed by atoms with van der Waals surface area (Å²) in [5.41, 5.74) is 2.84. The van der Waals surface area contributed by atoms with Crippen molar-refractivity contribution in [3.05, 3.63) is 64.7 Å². The van der Waals surface area contributed by atoms with E-state index >= 15 is 0 Å². The number of ether oxygens (including phenoxy) is 2. The lowest BCUT2D eigenvalue weighted by atomic mass is 9.96. The molecule has 138 valence electrons. The molecule has 3 N–H and O–H groups in total. The zero-order valence-corrected chi connectivity index (χ0v) is 14.6. The Hall–Kier alpha value is -2.25. The predicted molar refractivity (Wildman–Crippen MR) is 94.2 cm³/mol. The Balaban J connectivity index is 1.78. The van der Waals surface area contributed by atoms with E-state index in [2.05, 4.69) is 0 Å². The Labute approximate surface area is 151 Å². The number of aryl methyl sites for hydroxylation is 2. The van der Waals surface area contributed by atoms with E-state index in [9.17, 15) is 20.1 Å². The van der Waals surface area contributed by atoms with Gasteiger partial charge in [-0.2, -0.15) is 0 Å². The smallest absolute Gasteiger partial charge is 0.228 e. The zero-order chi connectivity index (χ0) is 18.8. The summed E-state index contributed by atoms with van der Waals surface area (Å²) in [6, 6.07) is 12.4. The molecule has 26 heavy (non-hydrogen) atoms. The van der Waals surface area contributed by atoms with Crippen LogP contribution in [0, 0.1) is 13.8 Å². The number of hydrogen-bond acceptors (Lipinski definition) is 6. The number of aliphatic hydroxyl groups excluding tert-OH is 3. The number of ketones is 1. The molecular formula is C20H22O6. The van der Waals surface area contributed by atoms with Crippen molar-refractivity contribution in [1.82, 2.24) is 0 Å². The fourth-order valence-corrected chi connectivity index (χ4v) is 2.95. The highest BCUT2D eigenvalue weighted by Gasteiger charge is 2.39. The molecule has 2 aromatic carbocycles. The van der Waals surface area contributed by atoms with Crippen molar-refractivity contribution >= 4 is 5.78 Å². The van der Waals surface area contributed by atoms with Crippen molar-refractivity contribution in [2.45, 2.75) is 38.4 Å². The van der Waals surface area contributed by atoms with Crippen LogP contribution in [0.15, 0.2) is 42.5 Å². The first kappa shape index (κ1) is 18.5. The van der Waals surface area contributed by atoms with Crippen LogP contribution in [-0.4, -0.2) is 52.3 Å². The maximum atomic E-state index is 12.8. The van der Waals surface area contributed by atoms with Crippen LogP contribution in [0.1, 0.15) is 27.0 Å². The largest absolute Gasteiger partial charge is 0.462 e. The minimum atomic E-state index is -1.37. The lowest BCUT2D eigenvalue weighted by Gasteiger charge is -2.35. The molecule has 1 aliphatic rings. The topological polar surface area (TPSA) is 96.2 Å². The highest BCUT2D eigenvalue weighted by Crippen LogP contribution is 2.25. The quantitative estimate of drug-likeness (QED) is 0.714. The first-order valence-electron chi connectivity index (χ1n) is 8.42. The molecule has 0 spiro atoms. The molecule has 0 aromatic heterocycles. The van der Waals surface area contributed by atoms with E-state index in [1.165, 1.54) is 0 Å². The van der Waals surface area contributed by atoms with E-state index in [0.29, 0.717) is 16.9 Å². The molecule has 0 amide bonds. The molecule has 1 saturated heterocycles. The van der Waals surface area contributed by atoms with Gasteiger partial charge in [0.15, 0.2) is 5.78 Å². The second kappa shape index (κ2) is 7.55. The summed E-state index contributed by atoms with van der Waals surface area (Å²) < 4.78 is 10.8. The fourth-order valence-electron chi connectivity index (χ4n) is 2.95. The van der Waals surface area contributed by atoms with Crippen LogP contribution < -0.4 is 4.74 Å². The Morgan fingerprint density at radius 3 is 2.38 bits per heavy atom. The van der Waals surface area contributed by atoms with Gasteiger partial charge in [0.1, 0.15) is 24.1 Å². The summed E-state index contributed by atoms with van der Waals surface area (Å²) in [5.74, 6) is 0.330. The third kappa shape index (κ3) is 3.64. The van der Waals surface area contributed by atoms with Crippen molar-refractivity contribution in [1.29, 1.82) is 0 Å². The molecule has 4 atom stereocenters. The van der Waals surface area contributed by atoms with Crippen LogP contribution in [-0.2, 0) is 4.74 Å². The molecule has 6 heteroatoms. The number of benzene rings is 2. The molecular weight excluding hydrogens is 336 g/mol. The molecule has 2 aromatic rings. The molecule has 0 bridgehead atoms. The molecule has 3 rings (SSSR count). The first-order valence-corrected chi connectivity index (χ1v) is 8.42. The summed E-state index contributed by atoms with van der Waals surface area (Å²) in [6.45, 7) is 3.56. The maximum absolute atomic E-state index is 12.8. The van der Waals surface area contributed by atoms with Gasteiger partial charge in [-0.05, 0) is 43.2 Å². The Kier molecular flexibility index (Phi) is 5.38. The second-order valence-electron chi connectivity index (χ2n) is 6.49. The van der Waals surface area contributed by atoms with Crippen LogP contribution in [0.5, 0.6) is 5.75 Å². The van der Waals surface area contributed by atoms with Gasteiger partial charge in [0, 0.05) is 11.1 Å². The molecule has 0 radical (unpaired) electrons. The van der Waals surface area contributed by atoms with Crippen molar-refractivity contribution < 1.29 is 29.6 Å². The number of aliphatic hydroxyl groups is 3. The summed E-state index contributed by atoms with van der Waals surface area (Å²) in [5, 5.41) is 29.1. The van der Waals surface area contributed by atoms with E-state index in [-0.39, 0.29) is 12.4 Å². The first-order chi connectivity index (χ1) is 12.4. The Bertz CT molecular complexity index is 803. The van der Waals surface area contributed by atoms with E-state index in [1.54, 1.807) is 31.2 Å². The molecule has 0 saturated carbocycles. The fraction of sp³-hybridized carbons (Fsp3) is 0.350. The van der Waals surface area contributed by atoms with Gasteiger partial charge in [-0.3, -0.25) is 4.79 Å². The summed E-state index contributed by atoms with van der Waals surface area (Å²) >= 11 is 0. The van der Waals surface area contributed by atoms with Crippen LogP contribution >= 0.6 is 0 Å². The maximum Gasteiger partial charge on any atom is 0.228 e. The van der Waals surface area contributed by atoms with Crippen LogP contribution in [0.25, 0.3) is 0 Å². The van der Waals surface area contributed by atoms with E-state index in [1.807, 2.05) is 25.1 Å². The van der Waals surface area contributed by atoms with Gasteiger partial charge in [-0.1, -0.05) is 24.3 Å². The van der Waals surface area contributed by atoms with Crippen molar-refractivity contribution in [3.8, 4) is 5.75 Å². The molecule has 0 unspecified atom stereocenters. The van der Waals surface area contributed by atoms with Crippen molar-refractivity contribution in [3.63, 3.8) is 0 Å². The normalized spacial score (nSPS) is 25.7. The summed E-state index contributed by atoms with van der Waals surface area (Å²) in [6.07, 6.45) is -4.95. The number of rotatable bonds is 4. The zero-order valence-electron chi connectivity index (χ0n) is 14.6. The summed E-state index contributed by atoms with van der Waals surface area (Å²) in [4.78, 5) is 12.8. The van der Waals surface area contributed by atoms with Crippen molar-refractivity contribution in [2.75, 3.05) is 6.61 Å². The number of hydrogen-bond donors (Lipinski definition) is 3. The minimum Gasteiger partial charge on any atom is -0.462 e. The number of carbonyl (C=O) groups is 1. The van der Waals surface area contributed by atoms with Crippen LogP contribution in [0.2, 0.25) is 0 Å². The molecule has 1 aliphatic heterocycles. The van der Waals surface area contributed by atoms with Gasteiger partial charge < -0.3 is 24.8 Å². The SMILES string of the molecule is Cc1ccccc1C(=O)c1ccc(O[C@@H]2OC[C@@H](O)[C@H](O)[C@H]2O)cc1C. The van der Waals surface area contributed by atoms with E-state index in [0.717, 1.165) is 11.1 Å². The van der Waals surface area contributed by atoms with Crippen LogP contribution in [0.4, 0.5) is 0 Å². The monoisotopic (exact) mass is 358 g/mol. The van der Waals surface area contributed by atoms with Gasteiger partial charge in [0.25, 0.3) is 0 Å². The second-order valence-corrected chi connectivity index (χ2v) is 6.49. The van der Waals surface area contributed by atoms with Crippen molar-refractivity contribution in [2.24, 2.45) is 0 Å². The van der Waals surface area contributed by atoms with Gasteiger partial charge in [-0.25, -0.2) is 0 Å². The third-order valence-electron chi connectivity index (χ3n) is 4.54. The molecule has 1 fully saturated rings. The average Bonchev–Trinajstić information content (AvgIpc) is 2.62. The van der Waals surface area contributed by atoms with Gasteiger partial charge >= 0.3 is 0 Å². The van der Waals surface area contributed by atoms with Gasteiger partial charge in [0.2, 0.25) is 6.29 Å². The average molecular weight is 358 g/mol. The van der Waals surface area contributed by atoms with Crippen LogP contribution in [0.3, 0.4) is 0 Å². The predicted octanol–water partition coefficient (Wildman–Crippen LogP) is 1.35. The Morgan fingerprint density at radius 2 is 1.69 bits per heavy atom. The minimum absolute atomic E-state index is 0.0698. The molecule has 0 aliphatic carbocycles. The number of carbonyl (C=O) groups excluding carboxylic acids is 1.